The maximum Gasteiger partial charge on any atom is 0.233 e. The number of nitrogens with zero attached hydrogens (tertiary/aromatic N) is 3. The van der Waals surface area contributed by atoms with Gasteiger partial charge in [-0.25, -0.2) is 9.97 Å². The van der Waals surface area contributed by atoms with Crippen LogP contribution in [0.5, 0.6) is 5.88 Å². The topological polar surface area (TPSA) is 50.3 Å². The normalized spacial score (nSPS) is 19.2. The molecule has 1 atom stereocenters. The fourth-order valence-corrected chi connectivity index (χ4v) is 2.92. The monoisotopic (exact) mass is 342 g/mol. The molecule has 5 nitrogen and oxygen atoms in total. The zero-order chi connectivity index (χ0) is 14.4. The van der Waals surface area contributed by atoms with E-state index in [9.17, 15) is 0 Å². The lowest BCUT2D eigenvalue weighted by molar-refractivity contribution is 0.227. The molecular weight excluding hydrogens is 320 g/mol. The van der Waals surface area contributed by atoms with Crippen LogP contribution >= 0.6 is 15.9 Å². The third kappa shape index (κ3) is 4.06. The SMILES string of the molecule is CCCNc1ncnc(OCCC2CCCN2C)c1Br. The molecule has 0 radical (unpaired) electrons. The number of likely N-dealkylation sites (tertiary alicyclic amines) is 1. The van der Waals surface area contributed by atoms with Gasteiger partial charge in [-0.05, 0) is 55.2 Å². The summed E-state index contributed by atoms with van der Waals surface area (Å²) in [5.74, 6) is 1.43. The summed E-state index contributed by atoms with van der Waals surface area (Å²) in [6.45, 7) is 4.91. The number of aromatic nitrogens is 2. The number of hydrogen-bond donors (Lipinski definition) is 1. The second-order valence-electron chi connectivity index (χ2n) is 5.18. The van der Waals surface area contributed by atoms with E-state index in [1.54, 1.807) is 6.33 Å². The van der Waals surface area contributed by atoms with Gasteiger partial charge in [0.1, 0.15) is 16.6 Å². The molecule has 1 saturated heterocycles. The Balaban J connectivity index is 1.85. The number of nitrogens with one attached hydrogen (secondary N) is 1. The van der Waals surface area contributed by atoms with Crippen molar-refractivity contribution in [3.05, 3.63) is 10.8 Å². The van der Waals surface area contributed by atoms with Crippen molar-refractivity contribution in [3.8, 4) is 5.88 Å². The highest BCUT2D eigenvalue weighted by molar-refractivity contribution is 9.10. The van der Waals surface area contributed by atoms with E-state index in [4.69, 9.17) is 4.74 Å². The quantitative estimate of drug-likeness (QED) is 0.825. The van der Waals surface area contributed by atoms with Crippen molar-refractivity contribution >= 4 is 21.7 Å². The predicted molar refractivity (Wildman–Crippen MR) is 84.3 cm³/mol. The summed E-state index contributed by atoms with van der Waals surface area (Å²) in [7, 11) is 2.19. The lowest BCUT2D eigenvalue weighted by Crippen LogP contribution is -2.26. The van der Waals surface area contributed by atoms with Crippen molar-refractivity contribution < 1.29 is 4.74 Å². The minimum Gasteiger partial charge on any atom is -0.477 e. The van der Waals surface area contributed by atoms with Gasteiger partial charge in [-0.1, -0.05) is 6.92 Å². The Hall–Kier alpha value is -0.880. The molecule has 0 spiro atoms. The maximum atomic E-state index is 5.80. The molecule has 1 aliphatic heterocycles. The van der Waals surface area contributed by atoms with E-state index in [-0.39, 0.29) is 0 Å². The summed E-state index contributed by atoms with van der Waals surface area (Å²) in [4.78, 5) is 10.8. The lowest BCUT2D eigenvalue weighted by Gasteiger charge is -2.19. The standard InChI is InChI=1S/C14H23BrN4O/c1-3-7-16-13-12(15)14(18-10-17-13)20-9-6-11-5-4-8-19(11)2/h10-11H,3-9H2,1-2H3,(H,16,17,18). The van der Waals surface area contributed by atoms with Gasteiger partial charge >= 0.3 is 0 Å². The van der Waals surface area contributed by atoms with Crippen molar-refractivity contribution in [2.24, 2.45) is 0 Å². The molecule has 1 unspecified atom stereocenters. The van der Waals surface area contributed by atoms with Crippen LogP contribution in [0.25, 0.3) is 0 Å². The average Bonchev–Trinajstić information content (AvgIpc) is 2.85. The number of rotatable bonds is 7. The summed E-state index contributed by atoms with van der Waals surface area (Å²) in [6.07, 6.45) is 6.21. The van der Waals surface area contributed by atoms with Crippen LogP contribution in [0.3, 0.4) is 0 Å². The van der Waals surface area contributed by atoms with Crippen LogP contribution < -0.4 is 10.1 Å². The molecule has 1 aliphatic rings. The second-order valence-corrected chi connectivity index (χ2v) is 5.97. The Kier molecular flexibility index (Phi) is 6.04. The van der Waals surface area contributed by atoms with Crippen molar-refractivity contribution in [3.63, 3.8) is 0 Å². The first-order valence-electron chi connectivity index (χ1n) is 7.29. The summed E-state index contributed by atoms with van der Waals surface area (Å²) in [6, 6.07) is 0.647. The third-order valence-corrected chi connectivity index (χ3v) is 4.38. The number of halogens is 1. The molecule has 20 heavy (non-hydrogen) atoms. The molecule has 6 heteroatoms. The van der Waals surface area contributed by atoms with Gasteiger partial charge in [0.15, 0.2) is 0 Å². The molecule has 0 saturated carbocycles. The van der Waals surface area contributed by atoms with Crippen LogP contribution in [0.4, 0.5) is 5.82 Å². The molecule has 0 amide bonds. The van der Waals surface area contributed by atoms with E-state index in [1.165, 1.54) is 19.4 Å². The summed E-state index contributed by atoms with van der Waals surface area (Å²) >= 11 is 3.51. The van der Waals surface area contributed by atoms with E-state index in [0.29, 0.717) is 18.5 Å². The molecule has 2 rings (SSSR count). The molecule has 1 N–H and O–H groups in total. The van der Waals surface area contributed by atoms with Gasteiger partial charge in [0.25, 0.3) is 0 Å². The molecule has 2 heterocycles. The number of ether oxygens (including phenoxy) is 1. The Labute approximate surface area is 129 Å². The van der Waals surface area contributed by atoms with Gasteiger partial charge in [0, 0.05) is 12.6 Å². The third-order valence-electron chi connectivity index (χ3n) is 3.66. The molecule has 0 aromatic carbocycles. The van der Waals surface area contributed by atoms with E-state index < -0.39 is 0 Å². The van der Waals surface area contributed by atoms with E-state index in [2.05, 4.69) is 50.1 Å². The zero-order valence-corrected chi connectivity index (χ0v) is 13.8. The smallest absolute Gasteiger partial charge is 0.233 e. The first-order chi connectivity index (χ1) is 9.72. The predicted octanol–water partition coefficient (Wildman–Crippen LogP) is 2.92. The van der Waals surface area contributed by atoms with Crippen LogP contribution in [0.2, 0.25) is 0 Å². The molecule has 0 bridgehead atoms. The van der Waals surface area contributed by atoms with Gasteiger partial charge in [-0.15, -0.1) is 0 Å². The summed E-state index contributed by atoms with van der Waals surface area (Å²) < 4.78 is 6.62. The van der Waals surface area contributed by atoms with E-state index in [0.717, 1.165) is 29.7 Å². The van der Waals surface area contributed by atoms with Gasteiger partial charge in [-0.2, -0.15) is 0 Å². The molecule has 112 valence electrons. The Bertz CT molecular complexity index is 430. The largest absolute Gasteiger partial charge is 0.477 e. The molecule has 1 aromatic heterocycles. The van der Waals surface area contributed by atoms with Gasteiger partial charge in [0.2, 0.25) is 5.88 Å². The summed E-state index contributed by atoms with van der Waals surface area (Å²) in [5, 5.41) is 3.26. The molecule has 0 aliphatic carbocycles. The van der Waals surface area contributed by atoms with Gasteiger partial charge in [-0.3, -0.25) is 0 Å². The first kappa shape index (κ1) is 15.5. The highest BCUT2D eigenvalue weighted by atomic mass is 79.9. The van der Waals surface area contributed by atoms with Crippen molar-refractivity contribution in [1.29, 1.82) is 0 Å². The Morgan fingerprint density at radius 2 is 2.35 bits per heavy atom. The lowest BCUT2D eigenvalue weighted by atomic mass is 10.1. The van der Waals surface area contributed by atoms with Crippen molar-refractivity contribution in [2.45, 2.75) is 38.6 Å². The Morgan fingerprint density at radius 3 is 3.05 bits per heavy atom. The van der Waals surface area contributed by atoms with Crippen LogP contribution in [-0.2, 0) is 0 Å². The fourth-order valence-electron chi connectivity index (χ4n) is 2.46. The fraction of sp³-hybridized carbons (Fsp3) is 0.714. The van der Waals surface area contributed by atoms with Crippen LogP contribution in [0, 0.1) is 0 Å². The van der Waals surface area contributed by atoms with Crippen molar-refractivity contribution in [2.75, 3.05) is 32.1 Å². The van der Waals surface area contributed by atoms with Crippen LogP contribution in [0.1, 0.15) is 32.6 Å². The highest BCUT2D eigenvalue weighted by Crippen LogP contribution is 2.28. The zero-order valence-electron chi connectivity index (χ0n) is 12.2. The number of hydrogen-bond acceptors (Lipinski definition) is 5. The molecular formula is C14H23BrN4O. The second kappa shape index (κ2) is 7.78. The van der Waals surface area contributed by atoms with E-state index >= 15 is 0 Å². The molecule has 1 aromatic rings. The minimum absolute atomic E-state index is 0.624. The van der Waals surface area contributed by atoms with E-state index in [1.807, 2.05) is 0 Å². The van der Waals surface area contributed by atoms with Crippen LogP contribution in [-0.4, -0.2) is 47.7 Å². The molecule has 1 fully saturated rings. The average molecular weight is 343 g/mol. The minimum atomic E-state index is 0.624. The van der Waals surface area contributed by atoms with Gasteiger partial charge in [0.05, 0.1) is 6.61 Å². The van der Waals surface area contributed by atoms with Crippen molar-refractivity contribution in [1.82, 2.24) is 14.9 Å². The van der Waals surface area contributed by atoms with Gasteiger partial charge < -0.3 is 15.0 Å². The highest BCUT2D eigenvalue weighted by Gasteiger charge is 2.20. The van der Waals surface area contributed by atoms with Crippen LogP contribution in [0.15, 0.2) is 10.8 Å². The number of anilines is 1. The Morgan fingerprint density at radius 1 is 1.50 bits per heavy atom. The first-order valence-corrected chi connectivity index (χ1v) is 8.09. The summed E-state index contributed by atoms with van der Waals surface area (Å²) in [5.41, 5.74) is 0. The maximum absolute atomic E-state index is 5.80.